The molecule has 0 saturated carbocycles. The van der Waals surface area contributed by atoms with Crippen molar-refractivity contribution in [2.45, 2.75) is 0 Å². The number of nitrogens with zero attached hydrogens (tertiary/aromatic N) is 3. The topological polar surface area (TPSA) is 94.9 Å². The van der Waals surface area contributed by atoms with E-state index < -0.39 is 6.09 Å². The Bertz CT molecular complexity index is 861. The average Bonchev–Trinajstić information content (AvgIpc) is 2.66. The van der Waals surface area contributed by atoms with Crippen LogP contribution in [0.2, 0.25) is 0 Å². The van der Waals surface area contributed by atoms with Gasteiger partial charge >= 0.3 is 12.1 Å². The summed E-state index contributed by atoms with van der Waals surface area (Å²) in [6.07, 6.45) is -0.721. The zero-order valence-electron chi connectivity index (χ0n) is 15.3. The average molecular weight is 368 g/mol. The van der Waals surface area contributed by atoms with Crippen LogP contribution in [0.25, 0.3) is 0 Å². The second kappa shape index (κ2) is 9.10. The number of rotatable bonds is 5. The molecule has 0 aliphatic carbocycles. The molecule has 8 heteroatoms. The molecule has 0 saturated heterocycles. The summed E-state index contributed by atoms with van der Waals surface area (Å²) >= 11 is 0. The molecule has 0 aromatic heterocycles. The van der Waals surface area contributed by atoms with Crippen molar-refractivity contribution in [3.05, 3.63) is 48.5 Å². The molecule has 0 bridgehead atoms. The largest absolute Gasteiger partial charge is 0.497 e. The molecule has 3 amide bonds. The van der Waals surface area contributed by atoms with Crippen LogP contribution in [0.1, 0.15) is 0 Å². The summed E-state index contributed by atoms with van der Waals surface area (Å²) in [5.74, 6) is 0.791. The Morgan fingerprint density at radius 2 is 1.81 bits per heavy atom. The molecule has 2 aromatic rings. The van der Waals surface area contributed by atoms with E-state index in [1.165, 1.54) is 23.0 Å². The molecule has 8 nitrogen and oxygen atoms in total. The highest BCUT2D eigenvalue weighted by atomic mass is 16.6. The number of hydrogen-bond donors (Lipinski definition) is 1. The quantitative estimate of drug-likeness (QED) is 0.817. The maximum Gasteiger partial charge on any atom is 0.420 e. The molecule has 0 atom stereocenters. The van der Waals surface area contributed by atoms with Gasteiger partial charge in [0.15, 0.2) is 0 Å². The fourth-order valence-corrected chi connectivity index (χ4v) is 2.14. The lowest BCUT2D eigenvalue weighted by atomic mass is 10.2. The van der Waals surface area contributed by atoms with Crippen molar-refractivity contribution in [2.24, 2.45) is 0 Å². The third kappa shape index (κ3) is 5.37. The number of urea groups is 1. The van der Waals surface area contributed by atoms with E-state index in [1.807, 2.05) is 6.07 Å². The standard InChI is InChI=1S/C19H20N4O4/c1-22(2)18(24)21-14-6-4-9-17(12-14)27-19(25)23(11-10-20)15-7-5-8-16(13-15)26-3/h4-9,12-13H,11H2,1-3H3,(H,21,24). The van der Waals surface area contributed by atoms with Crippen LogP contribution in [0, 0.1) is 11.3 Å². The summed E-state index contributed by atoms with van der Waals surface area (Å²) in [5, 5.41) is 11.7. The minimum Gasteiger partial charge on any atom is -0.497 e. The van der Waals surface area contributed by atoms with Gasteiger partial charge in [-0.25, -0.2) is 9.59 Å². The minimum absolute atomic E-state index is 0.191. The minimum atomic E-state index is -0.721. The zero-order chi connectivity index (χ0) is 19.8. The number of carbonyl (C=O) groups excluding carboxylic acids is 2. The van der Waals surface area contributed by atoms with Crippen molar-refractivity contribution in [3.8, 4) is 17.6 Å². The third-order valence-electron chi connectivity index (χ3n) is 3.51. The van der Waals surface area contributed by atoms with E-state index in [0.29, 0.717) is 17.1 Å². The predicted molar refractivity (Wildman–Crippen MR) is 101 cm³/mol. The van der Waals surface area contributed by atoms with Gasteiger partial charge in [0.05, 0.1) is 18.9 Å². The van der Waals surface area contributed by atoms with Crippen LogP contribution in [0.4, 0.5) is 21.0 Å². The number of amides is 3. The number of hydrogen-bond acceptors (Lipinski definition) is 5. The van der Waals surface area contributed by atoms with E-state index in [0.717, 1.165) is 0 Å². The molecule has 27 heavy (non-hydrogen) atoms. The molecular formula is C19H20N4O4. The fourth-order valence-electron chi connectivity index (χ4n) is 2.14. The summed E-state index contributed by atoms with van der Waals surface area (Å²) < 4.78 is 10.5. The Kier molecular flexibility index (Phi) is 6.61. The van der Waals surface area contributed by atoms with E-state index in [1.54, 1.807) is 56.6 Å². The first-order valence-corrected chi connectivity index (χ1v) is 8.03. The van der Waals surface area contributed by atoms with E-state index in [4.69, 9.17) is 14.7 Å². The first-order valence-electron chi connectivity index (χ1n) is 8.03. The summed E-state index contributed by atoms with van der Waals surface area (Å²) in [6, 6.07) is 14.8. The van der Waals surface area contributed by atoms with E-state index in [9.17, 15) is 9.59 Å². The highest BCUT2D eigenvalue weighted by Gasteiger charge is 2.19. The van der Waals surface area contributed by atoms with E-state index >= 15 is 0 Å². The molecule has 0 heterocycles. The molecule has 2 rings (SSSR count). The van der Waals surface area contributed by atoms with Gasteiger partial charge in [-0.05, 0) is 24.3 Å². The maximum atomic E-state index is 12.6. The molecule has 0 unspecified atom stereocenters. The van der Waals surface area contributed by atoms with Crippen LogP contribution in [0.5, 0.6) is 11.5 Å². The second-order valence-electron chi connectivity index (χ2n) is 5.67. The Hall–Kier alpha value is -3.73. The third-order valence-corrected chi connectivity index (χ3v) is 3.51. The SMILES string of the molecule is COc1cccc(N(CC#N)C(=O)Oc2cccc(NC(=O)N(C)C)c2)c1. The van der Waals surface area contributed by atoms with Gasteiger partial charge in [0.25, 0.3) is 0 Å². The van der Waals surface area contributed by atoms with Crippen LogP contribution in [-0.4, -0.2) is 44.8 Å². The van der Waals surface area contributed by atoms with Crippen LogP contribution in [0.3, 0.4) is 0 Å². The molecule has 1 N–H and O–H groups in total. The van der Waals surface area contributed by atoms with Crippen LogP contribution in [0.15, 0.2) is 48.5 Å². The number of carbonyl (C=O) groups is 2. The molecular weight excluding hydrogens is 348 g/mol. The molecule has 0 aliphatic heterocycles. The summed E-state index contributed by atoms with van der Waals surface area (Å²) in [7, 11) is 4.75. The van der Waals surface area contributed by atoms with Crippen molar-refractivity contribution in [1.29, 1.82) is 5.26 Å². The molecule has 0 radical (unpaired) electrons. The smallest absolute Gasteiger partial charge is 0.420 e. The van der Waals surface area contributed by atoms with Crippen molar-refractivity contribution in [3.63, 3.8) is 0 Å². The number of nitrogens with one attached hydrogen (secondary N) is 1. The van der Waals surface area contributed by atoms with Gasteiger partial charge in [0.1, 0.15) is 18.0 Å². The van der Waals surface area contributed by atoms with Crippen molar-refractivity contribution in [2.75, 3.05) is 38.0 Å². The molecule has 0 aliphatic rings. The Morgan fingerprint density at radius 1 is 1.11 bits per heavy atom. The fraction of sp³-hybridized carbons (Fsp3) is 0.211. The monoisotopic (exact) mass is 368 g/mol. The van der Waals surface area contributed by atoms with Crippen LogP contribution in [-0.2, 0) is 0 Å². The lowest BCUT2D eigenvalue weighted by Gasteiger charge is -2.20. The van der Waals surface area contributed by atoms with E-state index in [-0.39, 0.29) is 18.3 Å². The highest BCUT2D eigenvalue weighted by Crippen LogP contribution is 2.23. The Labute approximate surface area is 157 Å². The summed E-state index contributed by atoms with van der Waals surface area (Å²) in [4.78, 5) is 26.9. The van der Waals surface area contributed by atoms with Gasteiger partial charge in [-0.15, -0.1) is 0 Å². The Balaban J connectivity index is 2.18. The molecule has 0 fully saturated rings. The lowest BCUT2D eigenvalue weighted by molar-refractivity contribution is 0.208. The number of anilines is 2. The highest BCUT2D eigenvalue weighted by molar-refractivity contribution is 5.91. The molecule has 2 aromatic carbocycles. The molecule has 0 spiro atoms. The van der Waals surface area contributed by atoms with Gasteiger partial charge in [0.2, 0.25) is 0 Å². The normalized spacial score (nSPS) is 9.70. The maximum absolute atomic E-state index is 12.6. The Morgan fingerprint density at radius 3 is 2.48 bits per heavy atom. The number of nitriles is 1. The van der Waals surface area contributed by atoms with Gasteiger partial charge in [0, 0.05) is 31.9 Å². The number of benzene rings is 2. The first kappa shape index (κ1) is 19.6. The number of methoxy groups -OCH3 is 1. The second-order valence-corrected chi connectivity index (χ2v) is 5.67. The van der Waals surface area contributed by atoms with Crippen molar-refractivity contribution in [1.82, 2.24) is 4.90 Å². The summed E-state index contributed by atoms with van der Waals surface area (Å²) in [6.45, 7) is -0.191. The van der Waals surface area contributed by atoms with Gasteiger partial charge in [-0.1, -0.05) is 12.1 Å². The van der Waals surface area contributed by atoms with Crippen molar-refractivity contribution >= 4 is 23.5 Å². The first-order chi connectivity index (χ1) is 12.9. The van der Waals surface area contributed by atoms with Gasteiger partial charge < -0.3 is 19.7 Å². The van der Waals surface area contributed by atoms with Gasteiger partial charge in [-0.2, -0.15) is 5.26 Å². The molecule has 140 valence electrons. The zero-order valence-corrected chi connectivity index (χ0v) is 15.3. The predicted octanol–water partition coefficient (Wildman–Crippen LogP) is 3.32. The van der Waals surface area contributed by atoms with Crippen LogP contribution < -0.4 is 19.7 Å². The van der Waals surface area contributed by atoms with Gasteiger partial charge in [-0.3, -0.25) is 4.90 Å². The van der Waals surface area contributed by atoms with Crippen LogP contribution >= 0.6 is 0 Å². The summed E-state index contributed by atoms with van der Waals surface area (Å²) in [5.41, 5.74) is 0.949. The number of ether oxygens (including phenoxy) is 2. The lowest BCUT2D eigenvalue weighted by Crippen LogP contribution is -2.34. The van der Waals surface area contributed by atoms with E-state index in [2.05, 4.69) is 5.32 Å². The van der Waals surface area contributed by atoms with Crippen molar-refractivity contribution < 1.29 is 19.1 Å².